The molecule has 1 atom stereocenters. The number of unbranched alkanes of at least 4 members (excludes halogenated alkanes) is 1. The molecule has 0 radical (unpaired) electrons. The lowest BCUT2D eigenvalue weighted by Gasteiger charge is -2.33. The lowest BCUT2D eigenvalue weighted by molar-refractivity contribution is -0.140. The molecular weight excluding hydrogens is 474 g/mol. The van der Waals surface area contributed by atoms with E-state index in [1.54, 1.807) is 12.1 Å². The van der Waals surface area contributed by atoms with Gasteiger partial charge in [-0.15, -0.1) is 0 Å². The number of amides is 2. The van der Waals surface area contributed by atoms with Crippen LogP contribution in [0.1, 0.15) is 69.6 Å². The minimum Gasteiger partial charge on any atom is -0.354 e. The Balaban J connectivity index is 2.39. The number of anilines is 1. The first-order chi connectivity index (χ1) is 17.0. The van der Waals surface area contributed by atoms with Crippen molar-refractivity contribution in [1.82, 2.24) is 10.2 Å². The Morgan fingerprint density at radius 1 is 0.972 bits per heavy atom. The zero-order chi connectivity index (χ0) is 26.9. The Bertz CT molecular complexity index is 1100. The molecule has 36 heavy (non-hydrogen) atoms. The predicted molar refractivity (Wildman–Crippen MR) is 146 cm³/mol. The van der Waals surface area contributed by atoms with E-state index in [2.05, 4.69) is 19.2 Å². The van der Waals surface area contributed by atoms with Crippen LogP contribution in [0.2, 0.25) is 0 Å². The molecule has 0 heterocycles. The molecule has 0 saturated carbocycles. The Labute approximate surface area is 216 Å². The number of benzene rings is 2. The van der Waals surface area contributed by atoms with E-state index >= 15 is 0 Å². The number of rotatable bonds is 13. The lowest BCUT2D eigenvalue weighted by Crippen LogP contribution is -2.52. The van der Waals surface area contributed by atoms with E-state index in [1.807, 2.05) is 57.2 Å². The number of sulfonamides is 1. The molecule has 0 spiro atoms. The monoisotopic (exact) mass is 515 g/mol. The lowest BCUT2D eigenvalue weighted by atomic mass is 10.0. The quantitative estimate of drug-likeness (QED) is 0.395. The van der Waals surface area contributed by atoms with Crippen molar-refractivity contribution < 1.29 is 18.0 Å². The number of nitrogens with one attached hydrogen (secondary N) is 1. The molecule has 7 nitrogen and oxygen atoms in total. The molecule has 0 aliphatic heterocycles. The van der Waals surface area contributed by atoms with Gasteiger partial charge in [-0.1, -0.05) is 76.1 Å². The van der Waals surface area contributed by atoms with Gasteiger partial charge >= 0.3 is 0 Å². The minimum atomic E-state index is -3.74. The SMILES string of the molecule is CCCCNC(=O)[C@@H](CC)N(Cc1ccc(C)cc1)C(=O)CN(c1ccc(C(C)C)cc1)S(C)(=O)=O. The van der Waals surface area contributed by atoms with E-state index in [0.717, 1.165) is 40.1 Å². The number of nitrogens with zero attached hydrogens (tertiary/aromatic N) is 2. The Kier molecular flexibility index (Phi) is 11.0. The molecule has 0 aliphatic rings. The largest absolute Gasteiger partial charge is 0.354 e. The third-order valence-electron chi connectivity index (χ3n) is 6.22. The Morgan fingerprint density at radius 3 is 2.08 bits per heavy atom. The fraction of sp³-hybridized carbons (Fsp3) is 0.500. The van der Waals surface area contributed by atoms with Crippen LogP contribution in [0.4, 0.5) is 5.69 Å². The van der Waals surface area contributed by atoms with Gasteiger partial charge in [0.15, 0.2) is 0 Å². The van der Waals surface area contributed by atoms with Gasteiger partial charge in [0.25, 0.3) is 0 Å². The molecule has 0 aliphatic carbocycles. The molecule has 2 aromatic rings. The van der Waals surface area contributed by atoms with Gasteiger partial charge < -0.3 is 10.2 Å². The van der Waals surface area contributed by atoms with E-state index in [1.165, 1.54) is 4.90 Å². The Hall–Kier alpha value is -2.87. The van der Waals surface area contributed by atoms with Crippen LogP contribution in [-0.2, 0) is 26.2 Å². The van der Waals surface area contributed by atoms with E-state index in [-0.39, 0.29) is 19.0 Å². The molecule has 1 N–H and O–H groups in total. The van der Waals surface area contributed by atoms with Crippen molar-refractivity contribution in [1.29, 1.82) is 0 Å². The molecule has 0 aromatic heterocycles. The molecule has 2 rings (SSSR count). The second kappa shape index (κ2) is 13.4. The van der Waals surface area contributed by atoms with E-state index in [4.69, 9.17) is 0 Å². The molecule has 2 aromatic carbocycles. The topological polar surface area (TPSA) is 86.8 Å². The number of hydrogen-bond donors (Lipinski definition) is 1. The maximum Gasteiger partial charge on any atom is 0.244 e. The van der Waals surface area contributed by atoms with Gasteiger partial charge in [-0.2, -0.15) is 0 Å². The summed E-state index contributed by atoms with van der Waals surface area (Å²) in [6.07, 6.45) is 3.30. The smallest absolute Gasteiger partial charge is 0.244 e. The fourth-order valence-electron chi connectivity index (χ4n) is 3.96. The first-order valence-corrected chi connectivity index (χ1v) is 14.5. The molecule has 198 valence electrons. The van der Waals surface area contributed by atoms with Crippen molar-refractivity contribution in [2.24, 2.45) is 0 Å². The summed E-state index contributed by atoms with van der Waals surface area (Å²) < 4.78 is 26.6. The minimum absolute atomic E-state index is 0.211. The van der Waals surface area contributed by atoms with Crippen LogP contribution in [0.5, 0.6) is 0 Å². The predicted octanol–water partition coefficient (Wildman–Crippen LogP) is 4.61. The van der Waals surface area contributed by atoms with Gasteiger partial charge in [-0.25, -0.2) is 8.42 Å². The molecule has 0 fully saturated rings. The third-order valence-corrected chi connectivity index (χ3v) is 7.36. The fourth-order valence-corrected chi connectivity index (χ4v) is 4.80. The zero-order valence-electron chi connectivity index (χ0n) is 22.5. The van der Waals surface area contributed by atoms with E-state index in [0.29, 0.717) is 24.6 Å². The summed E-state index contributed by atoms with van der Waals surface area (Å²) >= 11 is 0. The standard InChI is InChI=1S/C28H41N3O4S/c1-7-9-18-29-28(33)26(8-2)30(19-23-12-10-22(5)11-13-23)27(32)20-31(36(6,34)35)25-16-14-24(15-17-25)21(3)4/h10-17,21,26H,7-9,18-20H2,1-6H3,(H,29,33)/t26-/m1/s1. The maximum absolute atomic E-state index is 13.7. The second-order valence-electron chi connectivity index (χ2n) is 9.59. The van der Waals surface area contributed by atoms with Crippen LogP contribution in [0, 0.1) is 6.92 Å². The van der Waals surface area contributed by atoms with Crippen LogP contribution in [0.3, 0.4) is 0 Å². The number of hydrogen-bond acceptors (Lipinski definition) is 4. The van der Waals surface area contributed by atoms with Crippen LogP contribution in [-0.4, -0.2) is 50.5 Å². The van der Waals surface area contributed by atoms with E-state index in [9.17, 15) is 18.0 Å². The van der Waals surface area contributed by atoms with Crippen LogP contribution in [0.25, 0.3) is 0 Å². The highest BCUT2D eigenvalue weighted by atomic mass is 32.2. The summed E-state index contributed by atoms with van der Waals surface area (Å²) in [6, 6.07) is 14.3. The van der Waals surface area contributed by atoms with Gasteiger partial charge in [-0.05, 0) is 48.9 Å². The van der Waals surface area contributed by atoms with Crippen molar-refractivity contribution in [3.8, 4) is 0 Å². The molecular formula is C28H41N3O4S. The van der Waals surface area contributed by atoms with E-state index < -0.39 is 22.0 Å². The highest BCUT2D eigenvalue weighted by Gasteiger charge is 2.31. The summed E-state index contributed by atoms with van der Waals surface area (Å²) in [5.41, 5.74) is 3.47. The number of aryl methyl sites for hydroxylation is 1. The normalized spacial score (nSPS) is 12.3. The van der Waals surface area contributed by atoms with Gasteiger partial charge in [0, 0.05) is 13.1 Å². The molecule has 0 unspecified atom stereocenters. The van der Waals surface area contributed by atoms with Crippen molar-refractivity contribution >= 4 is 27.5 Å². The number of carbonyl (C=O) groups excluding carboxylic acids is 2. The molecule has 8 heteroatoms. The van der Waals surface area contributed by atoms with Gasteiger partial charge in [0.1, 0.15) is 12.6 Å². The maximum atomic E-state index is 13.7. The first kappa shape index (κ1) is 29.4. The average Bonchev–Trinajstić information content (AvgIpc) is 2.83. The second-order valence-corrected chi connectivity index (χ2v) is 11.5. The van der Waals surface area contributed by atoms with Crippen molar-refractivity contribution in [2.75, 3.05) is 23.7 Å². The highest BCUT2D eigenvalue weighted by molar-refractivity contribution is 7.92. The highest BCUT2D eigenvalue weighted by Crippen LogP contribution is 2.23. The first-order valence-electron chi connectivity index (χ1n) is 12.7. The molecule has 0 saturated heterocycles. The third kappa shape index (κ3) is 8.36. The van der Waals surface area contributed by atoms with Crippen LogP contribution >= 0.6 is 0 Å². The molecule has 0 bridgehead atoms. The summed E-state index contributed by atoms with van der Waals surface area (Å²) in [5.74, 6) is -0.348. The van der Waals surface area contributed by atoms with Crippen molar-refractivity contribution in [3.05, 3.63) is 65.2 Å². The summed E-state index contributed by atoms with van der Waals surface area (Å²) in [5, 5.41) is 2.93. The Morgan fingerprint density at radius 2 is 1.58 bits per heavy atom. The zero-order valence-corrected chi connectivity index (χ0v) is 23.3. The van der Waals surface area contributed by atoms with Crippen LogP contribution < -0.4 is 9.62 Å². The van der Waals surface area contributed by atoms with Gasteiger partial charge in [0.2, 0.25) is 21.8 Å². The van der Waals surface area contributed by atoms with Crippen molar-refractivity contribution in [3.63, 3.8) is 0 Å². The van der Waals surface area contributed by atoms with Gasteiger partial charge in [0.05, 0.1) is 11.9 Å². The molecule has 2 amide bonds. The summed E-state index contributed by atoms with van der Waals surface area (Å²) in [4.78, 5) is 28.3. The van der Waals surface area contributed by atoms with Gasteiger partial charge in [-0.3, -0.25) is 13.9 Å². The summed E-state index contributed by atoms with van der Waals surface area (Å²) in [7, 11) is -3.74. The van der Waals surface area contributed by atoms with Crippen LogP contribution in [0.15, 0.2) is 48.5 Å². The number of carbonyl (C=O) groups is 2. The average molecular weight is 516 g/mol. The summed E-state index contributed by atoms with van der Waals surface area (Å²) in [6.45, 7) is 10.4. The van der Waals surface area contributed by atoms with Crippen molar-refractivity contribution in [2.45, 2.75) is 72.4 Å².